The van der Waals surface area contributed by atoms with E-state index in [1.165, 1.54) is 6.42 Å². The Hall–Kier alpha value is -0.300. The fourth-order valence-electron chi connectivity index (χ4n) is 1.36. The van der Waals surface area contributed by atoms with E-state index in [4.69, 9.17) is 0 Å². The van der Waals surface area contributed by atoms with E-state index in [1.54, 1.807) is 0 Å². The Kier molecular flexibility index (Phi) is 7.87. The molecule has 0 aliphatic heterocycles. The van der Waals surface area contributed by atoms with Crippen LogP contribution in [0.15, 0.2) is 12.2 Å². The molecule has 84 valence electrons. The van der Waals surface area contributed by atoms with Gasteiger partial charge >= 0.3 is 0 Å². The number of hydrogen-bond donors (Lipinski definition) is 1. The van der Waals surface area contributed by atoms with E-state index in [9.17, 15) is 0 Å². The number of nitrogens with one attached hydrogen (secondary N) is 1. The maximum absolute atomic E-state index is 3.37. The Bertz CT molecular complexity index is 149. The molecule has 0 aliphatic rings. The molecule has 0 bridgehead atoms. The van der Waals surface area contributed by atoms with Crippen LogP contribution < -0.4 is 5.32 Å². The van der Waals surface area contributed by atoms with E-state index in [0.717, 1.165) is 19.0 Å². The first kappa shape index (κ1) is 13.7. The van der Waals surface area contributed by atoms with Crippen molar-refractivity contribution in [3.8, 4) is 0 Å². The molecule has 0 saturated carbocycles. The minimum atomic E-state index is 0.679. The first-order chi connectivity index (χ1) is 6.57. The molecular weight excluding hydrogens is 170 g/mol. The maximum Gasteiger partial charge on any atom is -0.00463 e. The highest BCUT2D eigenvalue weighted by Crippen LogP contribution is 2.16. The van der Waals surface area contributed by atoms with Crippen molar-refractivity contribution in [2.24, 2.45) is 17.8 Å². The fourth-order valence-corrected chi connectivity index (χ4v) is 1.36. The van der Waals surface area contributed by atoms with Crippen LogP contribution in [-0.2, 0) is 0 Å². The van der Waals surface area contributed by atoms with E-state index < -0.39 is 0 Å². The quantitative estimate of drug-likeness (QED) is 0.487. The summed E-state index contributed by atoms with van der Waals surface area (Å²) in [6.07, 6.45) is 5.95. The monoisotopic (exact) mass is 197 g/mol. The van der Waals surface area contributed by atoms with Gasteiger partial charge in [-0.15, -0.1) is 0 Å². The third kappa shape index (κ3) is 7.14. The summed E-state index contributed by atoms with van der Waals surface area (Å²) in [5.41, 5.74) is 0. The average molecular weight is 197 g/mol. The van der Waals surface area contributed by atoms with Crippen LogP contribution in [0.3, 0.4) is 0 Å². The van der Waals surface area contributed by atoms with E-state index in [0.29, 0.717) is 11.8 Å². The molecule has 1 nitrogen and oxygen atoms in total. The molecule has 1 N–H and O–H groups in total. The van der Waals surface area contributed by atoms with Gasteiger partial charge in [0.25, 0.3) is 0 Å². The fraction of sp³-hybridized carbons (Fsp3) is 0.846. The summed E-state index contributed by atoms with van der Waals surface area (Å²) in [5, 5.41) is 3.37. The van der Waals surface area contributed by atoms with Crippen LogP contribution >= 0.6 is 0 Å². The van der Waals surface area contributed by atoms with Crippen molar-refractivity contribution in [3.63, 3.8) is 0 Å². The summed E-state index contributed by atoms with van der Waals surface area (Å²) < 4.78 is 0. The lowest BCUT2D eigenvalue weighted by Gasteiger charge is -2.16. The standard InChI is InChI=1S/C13H27N/c1-6-14-10-9-13(5)12(4)8-7-11(2)3/h7-8,11-14H,6,9-10H2,1-5H3/b8-7+/t12-,13?/m1/s1. The minimum absolute atomic E-state index is 0.679. The summed E-state index contributed by atoms with van der Waals surface area (Å²) in [5.74, 6) is 2.17. The van der Waals surface area contributed by atoms with E-state index in [-0.39, 0.29) is 0 Å². The summed E-state index contributed by atoms with van der Waals surface area (Å²) in [7, 11) is 0. The second kappa shape index (κ2) is 8.05. The normalized spacial score (nSPS) is 16.4. The van der Waals surface area contributed by atoms with Gasteiger partial charge in [-0.25, -0.2) is 0 Å². The summed E-state index contributed by atoms with van der Waals surface area (Å²) in [6, 6.07) is 0. The van der Waals surface area contributed by atoms with E-state index >= 15 is 0 Å². The topological polar surface area (TPSA) is 12.0 Å². The second-order valence-corrected chi connectivity index (χ2v) is 4.61. The molecule has 14 heavy (non-hydrogen) atoms. The molecule has 0 aromatic carbocycles. The van der Waals surface area contributed by atoms with Crippen LogP contribution in [0.4, 0.5) is 0 Å². The van der Waals surface area contributed by atoms with Gasteiger partial charge < -0.3 is 5.32 Å². The summed E-state index contributed by atoms with van der Waals surface area (Å²) in [6.45, 7) is 13.5. The molecule has 0 aromatic rings. The Morgan fingerprint density at radius 2 is 1.71 bits per heavy atom. The molecule has 0 saturated heterocycles. The highest BCUT2D eigenvalue weighted by molar-refractivity contribution is 4.90. The lowest BCUT2D eigenvalue weighted by atomic mass is 9.92. The zero-order chi connectivity index (χ0) is 11.0. The van der Waals surface area contributed by atoms with Crippen LogP contribution in [0.25, 0.3) is 0 Å². The third-order valence-electron chi connectivity index (χ3n) is 2.72. The van der Waals surface area contributed by atoms with Crippen molar-refractivity contribution in [2.75, 3.05) is 13.1 Å². The van der Waals surface area contributed by atoms with Gasteiger partial charge in [-0.05, 0) is 37.3 Å². The lowest BCUT2D eigenvalue weighted by Crippen LogP contribution is -2.18. The molecule has 0 aliphatic carbocycles. The molecule has 0 spiro atoms. The van der Waals surface area contributed by atoms with Gasteiger partial charge in [-0.1, -0.05) is 46.8 Å². The van der Waals surface area contributed by atoms with Crippen molar-refractivity contribution in [1.82, 2.24) is 5.32 Å². The van der Waals surface area contributed by atoms with Crippen molar-refractivity contribution in [3.05, 3.63) is 12.2 Å². The molecule has 0 fully saturated rings. The molecule has 0 radical (unpaired) electrons. The average Bonchev–Trinajstić information content (AvgIpc) is 2.14. The molecule has 0 amide bonds. The molecular formula is C13H27N. The van der Waals surface area contributed by atoms with Crippen LogP contribution in [-0.4, -0.2) is 13.1 Å². The largest absolute Gasteiger partial charge is 0.317 e. The number of allylic oxidation sites excluding steroid dienone is 2. The molecule has 0 heterocycles. The number of rotatable bonds is 7. The van der Waals surface area contributed by atoms with Gasteiger partial charge in [-0.2, -0.15) is 0 Å². The molecule has 2 atom stereocenters. The summed E-state index contributed by atoms with van der Waals surface area (Å²) >= 11 is 0. The van der Waals surface area contributed by atoms with Crippen LogP contribution in [0.2, 0.25) is 0 Å². The van der Waals surface area contributed by atoms with Crippen molar-refractivity contribution in [2.45, 2.75) is 41.0 Å². The Morgan fingerprint density at radius 1 is 1.07 bits per heavy atom. The van der Waals surface area contributed by atoms with Crippen LogP contribution in [0.1, 0.15) is 41.0 Å². The van der Waals surface area contributed by atoms with E-state index in [2.05, 4.69) is 52.1 Å². The lowest BCUT2D eigenvalue weighted by molar-refractivity contribution is 0.416. The van der Waals surface area contributed by atoms with Gasteiger partial charge in [-0.3, -0.25) is 0 Å². The SMILES string of the molecule is CCNCCC(C)[C@H](C)/C=C/C(C)C. The van der Waals surface area contributed by atoms with Gasteiger partial charge in [0.15, 0.2) is 0 Å². The van der Waals surface area contributed by atoms with Crippen LogP contribution in [0.5, 0.6) is 0 Å². The first-order valence-electron chi connectivity index (χ1n) is 5.97. The maximum atomic E-state index is 3.37. The second-order valence-electron chi connectivity index (χ2n) is 4.61. The Balaban J connectivity index is 3.69. The minimum Gasteiger partial charge on any atom is -0.317 e. The van der Waals surface area contributed by atoms with Crippen molar-refractivity contribution in [1.29, 1.82) is 0 Å². The molecule has 0 rings (SSSR count). The zero-order valence-corrected chi connectivity index (χ0v) is 10.5. The Morgan fingerprint density at radius 3 is 2.21 bits per heavy atom. The van der Waals surface area contributed by atoms with Gasteiger partial charge in [0, 0.05) is 0 Å². The highest BCUT2D eigenvalue weighted by Gasteiger charge is 2.08. The molecule has 1 unspecified atom stereocenters. The first-order valence-corrected chi connectivity index (χ1v) is 5.97. The van der Waals surface area contributed by atoms with Gasteiger partial charge in [0.2, 0.25) is 0 Å². The number of hydrogen-bond acceptors (Lipinski definition) is 1. The Labute approximate surface area is 90.0 Å². The van der Waals surface area contributed by atoms with Crippen LogP contribution in [0, 0.1) is 17.8 Å². The van der Waals surface area contributed by atoms with E-state index in [1.807, 2.05) is 0 Å². The predicted molar refractivity (Wildman–Crippen MR) is 65.5 cm³/mol. The molecule has 1 heteroatoms. The van der Waals surface area contributed by atoms with Crippen molar-refractivity contribution < 1.29 is 0 Å². The smallest absolute Gasteiger partial charge is 0.00463 e. The van der Waals surface area contributed by atoms with Gasteiger partial charge in [0.05, 0.1) is 0 Å². The zero-order valence-electron chi connectivity index (χ0n) is 10.5. The van der Waals surface area contributed by atoms with Gasteiger partial charge in [0.1, 0.15) is 0 Å². The molecule has 0 aromatic heterocycles. The van der Waals surface area contributed by atoms with Crippen molar-refractivity contribution >= 4 is 0 Å². The summed E-state index contributed by atoms with van der Waals surface area (Å²) in [4.78, 5) is 0. The highest BCUT2D eigenvalue weighted by atomic mass is 14.8. The predicted octanol–water partition coefficient (Wildman–Crippen LogP) is 3.47. The third-order valence-corrected chi connectivity index (χ3v) is 2.72.